The van der Waals surface area contributed by atoms with Crippen LogP contribution >= 0.6 is 0 Å². The molecule has 0 fully saturated rings. The van der Waals surface area contributed by atoms with Gasteiger partial charge in [0.15, 0.2) is 0 Å². The molecule has 0 bridgehead atoms. The SMILES string of the molecule is CC(C)CN(C)c1cc(CNC(C)C)nc2ccccc12. The summed E-state index contributed by atoms with van der Waals surface area (Å²) in [6, 6.07) is 11.1. The molecule has 0 spiro atoms. The highest BCUT2D eigenvalue weighted by Gasteiger charge is 2.11. The van der Waals surface area contributed by atoms with E-state index >= 15 is 0 Å². The van der Waals surface area contributed by atoms with Crippen molar-refractivity contribution in [2.45, 2.75) is 40.3 Å². The highest BCUT2D eigenvalue weighted by molar-refractivity contribution is 5.91. The molecule has 21 heavy (non-hydrogen) atoms. The maximum absolute atomic E-state index is 4.78. The molecule has 3 nitrogen and oxygen atoms in total. The number of hydrogen-bond donors (Lipinski definition) is 1. The normalized spacial score (nSPS) is 11.6. The van der Waals surface area contributed by atoms with Crippen molar-refractivity contribution in [3.05, 3.63) is 36.0 Å². The smallest absolute Gasteiger partial charge is 0.0726 e. The maximum atomic E-state index is 4.78. The Hall–Kier alpha value is -1.61. The molecule has 2 aromatic rings. The van der Waals surface area contributed by atoms with E-state index < -0.39 is 0 Å². The monoisotopic (exact) mass is 285 g/mol. The fraction of sp³-hybridized carbons (Fsp3) is 0.500. The Labute approximate surface area is 128 Å². The average molecular weight is 285 g/mol. The van der Waals surface area contributed by atoms with Gasteiger partial charge < -0.3 is 10.2 Å². The lowest BCUT2D eigenvalue weighted by Gasteiger charge is -2.24. The average Bonchev–Trinajstić information content (AvgIpc) is 2.43. The highest BCUT2D eigenvalue weighted by Crippen LogP contribution is 2.26. The molecule has 0 radical (unpaired) electrons. The van der Waals surface area contributed by atoms with Crippen LogP contribution in [0.25, 0.3) is 10.9 Å². The minimum atomic E-state index is 0.468. The minimum Gasteiger partial charge on any atom is -0.374 e. The van der Waals surface area contributed by atoms with Crippen LogP contribution in [0, 0.1) is 5.92 Å². The maximum Gasteiger partial charge on any atom is 0.0726 e. The van der Waals surface area contributed by atoms with E-state index in [1.165, 1.54) is 11.1 Å². The van der Waals surface area contributed by atoms with Gasteiger partial charge in [-0.15, -0.1) is 0 Å². The number of pyridine rings is 1. The molecule has 0 amide bonds. The predicted molar refractivity (Wildman–Crippen MR) is 91.8 cm³/mol. The summed E-state index contributed by atoms with van der Waals surface area (Å²) >= 11 is 0. The van der Waals surface area contributed by atoms with Crippen LogP contribution in [0.1, 0.15) is 33.4 Å². The molecule has 0 aliphatic heterocycles. The van der Waals surface area contributed by atoms with Crippen molar-refractivity contribution in [1.29, 1.82) is 0 Å². The first kappa shape index (κ1) is 15.8. The molecule has 1 aromatic carbocycles. The van der Waals surface area contributed by atoms with Crippen LogP contribution in [0.3, 0.4) is 0 Å². The lowest BCUT2D eigenvalue weighted by atomic mass is 10.1. The molecule has 2 rings (SSSR count). The van der Waals surface area contributed by atoms with E-state index in [0.29, 0.717) is 12.0 Å². The van der Waals surface area contributed by atoms with Crippen LogP contribution in [-0.2, 0) is 6.54 Å². The van der Waals surface area contributed by atoms with Gasteiger partial charge in [-0.1, -0.05) is 45.9 Å². The number of para-hydroxylation sites is 1. The molecular weight excluding hydrogens is 258 g/mol. The van der Waals surface area contributed by atoms with Crippen molar-refractivity contribution in [2.75, 3.05) is 18.5 Å². The van der Waals surface area contributed by atoms with E-state index in [1.807, 2.05) is 0 Å². The van der Waals surface area contributed by atoms with Gasteiger partial charge in [-0.05, 0) is 18.1 Å². The molecule has 0 saturated carbocycles. The van der Waals surface area contributed by atoms with E-state index in [1.54, 1.807) is 0 Å². The number of nitrogens with zero attached hydrogens (tertiary/aromatic N) is 2. The molecule has 1 heterocycles. The standard InChI is InChI=1S/C18H27N3/c1-13(2)12-21(5)18-10-15(11-19-14(3)4)20-17-9-7-6-8-16(17)18/h6-10,13-14,19H,11-12H2,1-5H3. The third kappa shape index (κ3) is 4.18. The quantitative estimate of drug-likeness (QED) is 0.874. The largest absolute Gasteiger partial charge is 0.374 e. The number of rotatable bonds is 6. The van der Waals surface area contributed by atoms with Crippen molar-refractivity contribution in [2.24, 2.45) is 5.92 Å². The summed E-state index contributed by atoms with van der Waals surface area (Å²) in [5, 5.41) is 4.68. The van der Waals surface area contributed by atoms with Gasteiger partial charge in [0.25, 0.3) is 0 Å². The Morgan fingerprint density at radius 3 is 2.52 bits per heavy atom. The van der Waals surface area contributed by atoms with Crippen molar-refractivity contribution >= 4 is 16.6 Å². The van der Waals surface area contributed by atoms with Gasteiger partial charge in [0, 0.05) is 37.3 Å². The highest BCUT2D eigenvalue weighted by atomic mass is 15.1. The number of fused-ring (bicyclic) bond motifs is 1. The first-order chi connectivity index (χ1) is 9.97. The molecular formula is C18H27N3. The number of aromatic nitrogens is 1. The van der Waals surface area contributed by atoms with Gasteiger partial charge in [0.2, 0.25) is 0 Å². The van der Waals surface area contributed by atoms with Crippen LogP contribution in [-0.4, -0.2) is 24.6 Å². The Bertz CT molecular complexity index is 590. The zero-order chi connectivity index (χ0) is 15.4. The molecule has 1 aromatic heterocycles. The van der Waals surface area contributed by atoms with Crippen LogP contribution in [0.5, 0.6) is 0 Å². The van der Waals surface area contributed by atoms with Crippen LogP contribution in [0.15, 0.2) is 30.3 Å². The van der Waals surface area contributed by atoms with Crippen molar-refractivity contribution < 1.29 is 0 Å². The first-order valence-corrected chi connectivity index (χ1v) is 7.80. The topological polar surface area (TPSA) is 28.2 Å². The summed E-state index contributed by atoms with van der Waals surface area (Å²) in [5.74, 6) is 0.638. The third-order valence-corrected chi connectivity index (χ3v) is 3.49. The van der Waals surface area contributed by atoms with Gasteiger partial charge in [0.05, 0.1) is 11.2 Å². The third-order valence-electron chi connectivity index (χ3n) is 3.49. The van der Waals surface area contributed by atoms with Crippen molar-refractivity contribution in [3.63, 3.8) is 0 Å². The molecule has 0 aliphatic carbocycles. The van der Waals surface area contributed by atoms with E-state index in [2.05, 4.69) is 75.3 Å². The van der Waals surface area contributed by atoms with E-state index in [4.69, 9.17) is 4.98 Å². The van der Waals surface area contributed by atoms with E-state index in [9.17, 15) is 0 Å². The Kier molecular flexibility index (Phi) is 5.18. The number of hydrogen-bond acceptors (Lipinski definition) is 3. The Balaban J connectivity index is 2.40. The fourth-order valence-corrected chi connectivity index (χ4v) is 2.57. The van der Waals surface area contributed by atoms with E-state index in [-0.39, 0.29) is 0 Å². The number of nitrogens with one attached hydrogen (secondary N) is 1. The molecule has 114 valence electrons. The Morgan fingerprint density at radius 2 is 1.86 bits per heavy atom. The molecule has 0 aliphatic rings. The van der Waals surface area contributed by atoms with Gasteiger partial charge in [0.1, 0.15) is 0 Å². The van der Waals surface area contributed by atoms with Gasteiger partial charge in [-0.2, -0.15) is 0 Å². The van der Waals surface area contributed by atoms with Crippen LogP contribution in [0.4, 0.5) is 5.69 Å². The van der Waals surface area contributed by atoms with Crippen molar-refractivity contribution in [3.8, 4) is 0 Å². The second kappa shape index (κ2) is 6.90. The summed E-state index contributed by atoms with van der Waals surface area (Å²) < 4.78 is 0. The summed E-state index contributed by atoms with van der Waals surface area (Å²) in [4.78, 5) is 7.12. The predicted octanol–water partition coefficient (Wildman–Crippen LogP) is 3.83. The summed E-state index contributed by atoms with van der Waals surface area (Å²) in [5.41, 5.74) is 3.45. The van der Waals surface area contributed by atoms with Crippen LogP contribution < -0.4 is 10.2 Å². The molecule has 0 atom stereocenters. The summed E-state index contributed by atoms with van der Waals surface area (Å²) in [6.07, 6.45) is 0. The van der Waals surface area contributed by atoms with Gasteiger partial charge >= 0.3 is 0 Å². The first-order valence-electron chi connectivity index (χ1n) is 7.80. The summed E-state index contributed by atoms with van der Waals surface area (Å²) in [6.45, 7) is 10.7. The van der Waals surface area contributed by atoms with Gasteiger partial charge in [-0.25, -0.2) is 0 Å². The Morgan fingerprint density at radius 1 is 1.14 bits per heavy atom. The molecule has 3 heteroatoms. The van der Waals surface area contributed by atoms with Crippen molar-refractivity contribution in [1.82, 2.24) is 10.3 Å². The molecule has 1 N–H and O–H groups in total. The van der Waals surface area contributed by atoms with Crippen LogP contribution in [0.2, 0.25) is 0 Å². The zero-order valence-corrected chi connectivity index (χ0v) is 13.9. The van der Waals surface area contributed by atoms with E-state index in [0.717, 1.165) is 24.3 Å². The molecule has 0 saturated heterocycles. The zero-order valence-electron chi connectivity index (χ0n) is 13.9. The number of anilines is 1. The summed E-state index contributed by atoms with van der Waals surface area (Å²) in [7, 11) is 2.17. The second-order valence-corrected chi connectivity index (χ2v) is 6.46. The van der Waals surface area contributed by atoms with Gasteiger partial charge in [-0.3, -0.25) is 4.98 Å². The fourth-order valence-electron chi connectivity index (χ4n) is 2.57. The second-order valence-electron chi connectivity index (χ2n) is 6.46. The lowest BCUT2D eigenvalue weighted by Crippen LogP contribution is -2.25. The number of benzene rings is 1. The minimum absolute atomic E-state index is 0.468. The molecule has 0 unspecified atom stereocenters. The lowest BCUT2D eigenvalue weighted by molar-refractivity contribution is 0.582.